The zero-order valence-electron chi connectivity index (χ0n) is 19.4. The lowest BCUT2D eigenvalue weighted by atomic mass is 9.95. The number of rotatable bonds is 5. The Balaban J connectivity index is 1.79. The van der Waals surface area contributed by atoms with E-state index in [0.29, 0.717) is 42.8 Å². The number of piperazine rings is 1. The molecular formula is C22H34N4O3S. The van der Waals surface area contributed by atoms with E-state index in [-0.39, 0.29) is 12.0 Å². The molecule has 1 aliphatic rings. The zero-order valence-corrected chi connectivity index (χ0v) is 20.2. The molecule has 0 amide bonds. The first-order chi connectivity index (χ1) is 14.0. The van der Waals surface area contributed by atoms with Crippen LogP contribution in [0.1, 0.15) is 72.3 Å². The number of benzene rings is 1. The van der Waals surface area contributed by atoms with Crippen LogP contribution >= 0.6 is 0 Å². The summed E-state index contributed by atoms with van der Waals surface area (Å²) in [6.07, 6.45) is 0. The Morgan fingerprint density at radius 1 is 0.833 bits per heavy atom. The predicted molar refractivity (Wildman–Crippen MR) is 117 cm³/mol. The summed E-state index contributed by atoms with van der Waals surface area (Å²) in [5.74, 6) is 1.50. The molecule has 0 aliphatic carbocycles. The Morgan fingerprint density at radius 3 is 1.80 bits per heavy atom. The average Bonchev–Trinajstić information content (AvgIpc) is 3.21. The van der Waals surface area contributed by atoms with E-state index in [1.165, 1.54) is 5.56 Å². The predicted octanol–water partition coefficient (Wildman–Crippen LogP) is 3.80. The van der Waals surface area contributed by atoms with Crippen LogP contribution < -0.4 is 0 Å². The fraction of sp³-hybridized carbons (Fsp3) is 0.636. The number of sulfonamides is 1. The second-order valence-corrected chi connectivity index (χ2v) is 10.6. The van der Waals surface area contributed by atoms with Crippen molar-refractivity contribution in [3.8, 4) is 0 Å². The smallest absolute Gasteiger partial charge is 0.243 e. The summed E-state index contributed by atoms with van der Waals surface area (Å²) in [6, 6.07) is -0.0396. The number of hydrogen-bond acceptors (Lipinski definition) is 6. The SMILES string of the molecule is Cc1c(C)c(C)c(S(=O)(=O)N2CCN(C(C)c3nc(C(C)C)no3)CC2)c(C)c1C. The summed E-state index contributed by atoms with van der Waals surface area (Å²) in [7, 11) is -3.55. The third-order valence-electron chi connectivity index (χ3n) is 6.68. The largest absolute Gasteiger partial charge is 0.338 e. The summed E-state index contributed by atoms with van der Waals surface area (Å²) in [5, 5.41) is 4.05. The molecule has 1 fully saturated rings. The highest BCUT2D eigenvalue weighted by Gasteiger charge is 2.34. The van der Waals surface area contributed by atoms with Crippen LogP contribution in [0.15, 0.2) is 9.42 Å². The Bertz CT molecular complexity index is 1010. The Kier molecular flexibility index (Phi) is 6.41. The van der Waals surface area contributed by atoms with Crippen LogP contribution in [0.4, 0.5) is 0 Å². The number of nitrogens with zero attached hydrogens (tertiary/aromatic N) is 4. The molecular weight excluding hydrogens is 400 g/mol. The van der Waals surface area contributed by atoms with E-state index in [1.807, 2.05) is 48.5 Å². The van der Waals surface area contributed by atoms with Gasteiger partial charge in [-0.1, -0.05) is 19.0 Å². The Morgan fingerprint density at radius 2 is 1.33 bits per heavy atom. The molecule has 0 radical (unpaired) electrons. The zero-order chi connectivity index (χ0) is 22.4. The molecule has 30 heavy (non-hydrogen) atoms. The van der Waals surface area contributed by atoms with Crippen molar-refractivity contribution < 1.29 is 12.9 Å². The van der Waals surface area contributed by atoms with Gasteiger partial charge in [0.2, 0.25) is 15.9 Å². The van der Waals surface area contributed by atoms with Gasteiger partial charge in [0.05, 0.1) is 10.9 Å². The van der Waals surface area contributed by atoms with Gasteiger partial charge in [0.1, 0.15) is 0 Å². The maximum absolute atomic E-state index is 13.5. The Labute approximate surface area is 180 Å². The summed E-state index contributed by atoms with van der Waals surface area (Å²) >= 11 is 0. The van der Waals surface area contributed by atoms with Gasteiger partial charge in [-0.25, -0.2) is 8.42 Å². The van der Waals surface area contributed by atoms with E-state index in [2.05, 4.69) is 22.0 Å². The molecule has 2 aromatic rings. The quantitative estimate of drug-likeness (QED) is 0.712. The molecule has 7 nitrogen and oxygen atoms in total. The normalized spacial score (nSPS) is 17.6. The van der Waals surface area contributed by atoms with E-state index < -0.39 is 10.0 Å². The van der Waals surface area contributed by atoms with E-state index in [4.69, 9.17) is 4.52 Å². The van der Waals surface area contributed by atoms with Gasteiger partial charge in [-0.05, 0) is 69.4 Å². The summed E-state index contributed by atoms with van der Waals surface area (Å²) < 4.78 is 34.1. The van der Waals surface area contributed by atoms with E-state index in [9.17, 15) is 8.42 Å². The van der Waals surface area contributed by atoms with Crippen LogP contribution in [0.25, 0.3) is 0 Å². The molecule has 1 aliphatic heterocycles. The van der Waals surface area contributed by atoms with Crippen LogP contribution in [0.5, 0.6) is 0 Å². The highest BCUT2D eigenvalue weighted by molar-refractivity contribution is 7.89. The first-order valence-electron chi connectivity index (χ1n) is 10.6. The highest BCUT2D eigenvalue weighted by Crippen LogP contribution is 2.32. The standard InChI is InChI=1S/C22H34N4O3S/c1-13(2)21-23-22(29-24-21)19(8)25-9-11-26(12-10-25)30(27,28)20-17(6)15(4)14(3)16(5)18(20)7/h13,19H,9-12H2,1-8H3. The van der Waals surface area contributed by atoms with Gasteiger partial charge in [-0.2, -0.15) is 9.29 Å². The van der Waals surface area contributed by atoms with Gasteiger partial charge in [0.25, 0.3) is 0 Å². The fourth-order valence-electron chi connectivity index (χ4n) is 4.12. The molecule has 1 atom stereocenters. The minimum absolute atomic E-state index is 0.0396. The average molecular weight is 435 g/mol. The number of hydrogen-bond donors (Lipinski definition) is 0. The van der Waals surface area contributed by atoms with Gasteiger partial charge >= 0.3 is 0 Å². The van der Waals surface area contributed by atoms with E-state index in [1.54, 1.807) is 4.31 Å². The molecule has 8 heteroatoms. The molecule has 1 aromatic heterocycles. The number of aromatic nitrogens is 2. The summed E-state index contributed by atoms with van der Waals surface area (Å²) in [6.45, 7) is 18.1. The van der Waals surface area contributed by atoms with Crippen molar-refractivity contribution in [1.29, 1.82) is 0 Å². The van der Waals surface area contributed by atoms with Crippen molar-refractivity contribution in [3.05, 3.63) is 39.5 Å². The van der Waals surface area contributed by atoms with Gasteiger partial charge < -0.3 is 4.52 Å². The molecule has 0 saturated carbocycles. The first kappa shape index (κ1) is 22.9. The monoisotopic (exact) mass is 434 g/mol. The second kappa shape index (κ2) is 8.40. The molecule has 2 heterocycles. The Hall–Kier alpha value is -1.77. The van der Waals surface area contributed by atoms with Gasteiger partial charge in [0, 0.05) is 32.1 Å². The van der Waals surface area contributed by atoms with Crippen LogP contribution in [-0.4, -0.2) is 53.9 Å². The molecule has 1 aromatic carbocycles. The van der Waals surface area contributed by atoms with Crippen LogP contribution in [0, 0.1) is 34.6 Å². The summed E-state index contributed by atoms with van der Waals surface area (Å²) in [4.78, 5) is 7.18. The van der Waals surface area contributed by atoms with E-state index in [0.717, 1.165) is 22.3 Å². The third-order valence-corrected chi connectivity index (χ3v) is 8.85. The molecule has 0 spiro atoms. The summed E-state index contributed by atoms with van der Waals surface area (Å²) in [5.41, 5.74) is 5.00. The lowest BCUT2D eigenvalue weighted by molar-refractivity contribution is 0.124. The van der Waals surface area contributed by atoms with Crippen molar-refractivity contribution in [3.63, 3.8) is 0 Å². The molecule has 0 N–H and O–H groups in total. The molecule has 1 saturated heterocycles. The third kappa shape index (κ3) is 3.92. The molecule has 166 valence electrons. The minimum atomic E-state index is -3.55. The lowest BCUT2D eigenvalue weighted by Crippen LogP contribution is -2.49. The lowest BCUT2D eigenvalue weighted by Gasteiger charge is -2.36. The molecule has 1 unspecified atom stereocenters. The molecule has 0 bridgehead atoms. The van der Waals surface area contributed by atoms with Crippen molar-refractivity contribution in [1.82, 2.24) is 19.3 Å². The van der Waals surface area contributed by atoms with E-state index >= 15 is 0 Å². The first-order valence-corrected chi connectivity index (χ1v) is 12.1. The van der Waals surface area contributed by atoms with Crippen LogP contribution in [0.2, 0.25) is 0 Å². The van der Waals surface area contributed by atoms with Crippen molar-refractivity contribution >= 4 is 10.0 Å². The van der Waals surface area contributed by atoms with Crippen molar-refractivity contribution in [2.24, 2.45) is 0 Å². The van der Waals surface area contributed by atoms with Gasteiger partial charge in [-0.3, -0.25) is 4.90 Å². The van der Waals surface area contributed by atoms with Gasteiger partial charge in [0.15, 0.2) is 5.82 Å². The van der Waals surface area contributed by atoms with Crippen LogP contribution in [0.3, 0.4) is 0 Å². The second-order valence-electron chi connectivity index (χ2n) is 8.72. The van der Waals surface area contributed by atoms with Crippen molar-refractivity contribution in [2.45, 2.75) is 72.2 Å². The van der Waals surface area contributed by atoms with Gasteiger partial charge in [-0.15, -0.1) is 0 Å². The maximum atomic E-state index is 13.5. The van der Waals surface area contributed by atoms with Crippen molar-refractivity contribution in [2.75, 3.05) is 26.2 Å². The highest BCUT2D eigenvalue weighted by atomic mass is 32.2. The fourth-order valence-corrected chi connectivity index (χ4v) is 6.10. The minimum Gasteiger partial charge on any atom is -0.338 e. The molecule has 3 rings (SSSR count). The van der Waals surface area contributed by atoms with Crippen LogP contribution in [-0.2, 0) is 10.0 Å². The topological polar surface area (TPSA) is 79.5 Å². The maximum Gasteiger partial charge on any atom is 0.243 e.